The zero-order valence-electron chi connectivity index (χ0n) is 16.0. The second kappa shape index (κ2) is 7.46. The molecule has 6 heteroatoms. The van der Waals surface area contributed by atoms with Gasteiger partial charge in [0.05, 0.1) is 29.5 Å². The van der Waals surface area contributed by atoms with Gasteiger partial charge in [0.2, 0.25) is 5.91 Å². The molecule has 1 aromatic heterocycles. The molecule has 6 nitrogen and oxygen atoms in total. The third kappa shape index (κ3) is 3.63. The smallest absolute Gasteiger partial charge is 0.252 e. The second-order valence-electron chi connectivity index (χ2n) is 7.71. The van der Waals surface area contributed by atoms with Gasteiger partial charge in [-0.25, -0.2) is 4.98 Å². The number of hydrogen-bond donors (Lipinski definition) is 3. The fraction of sp³-hybridized carbons (Fsp3) is 0.318. The number of aromatic amines is 1. The molecule has 1 aliphatic heterocycles. The van der Waals surface area contributed by atoms with Crippen LogP contribution in [0.2, 0.25) is 0 Å². The Labute approximate surface area is 163 Å². The quantitative estimate of drug-likeness (QED) is 0.614. The molecule has 0 bridgehead atoms. The molecule has 3 N–H and O–H groups in total. The normalized spacial score (nSPS) is 16.8. The molecule has 28 heavy (non-hydrogen) atoms. The van der Waals surface area contributed by atoms with E-state index < -0.39 is 0 Å². The summed E-state index contributed by atoms with van der Waals surface area (Å²) < 4.78 is 0. The Morgan fingerprint density at radius 3 is 2.68 bits per heavy atom. The van der Waals surface area contributed by atoms with Gasteiger partial charge in [-0.1, -0.05) is 44.2 Å². The molecule has 0 spiro atoms. The Balaban J connectivity index is 1.51. The minimum Gasteiger partial charge on any atom is -0.346 e. The molecular formula is C22H24N4O2. The topological polar surface area (TPSA) is 86.9 Å². The lowest BCUT2D eigenvalue weighted by molar-refractivity contribution is -0.122. The van der Waals surface area contributed by atoms with E-state index in [-0.39, 0.29) is 30.3 Å². The molecule has 0 saturated heterocycles. The summed E-state index contributed by atoms with van der Waals surface area (Å²) in [6.07, 6.45) is 0.983. The van der Waals surface area contributed by atoms with E-state index in [2.05, 4.69) is 34.4 Å². The lowest BCUT2D eigenvalue weighted by atomic mass is 10.0. The first-order chi connectivity index (χ1) is 13.5. The Morgan fingerprint density at radius 1 is 1.14 bits per heavy atom. The largest absolute Gasteiger partial charge is 0.346 e. The van der Waals surface area contributed by atoms with E-state index in [4.69, 9.17) is 0 Å². The first kappa shape index (κ1) is 18.2. The van der Waals surface area contributed by atoms with Crippen LogP contribution in [0.1, 0.15) is 60.5 Å². The van der Waals surface area contributed by atoms with Crippen LogP contribution in [0.3, 0.4) is 0 Å². The highest BCUT2D eigenvalue weighted by Gasteiger charge is 2.30. The molecule has 0 unspecified atom stereocenters. The van der Waals surface area contributed by atoms with E-state index in [1.165, 1.54) is 0 Å². The predicted molar refractivity (Wildman–Crippen MR) is 108 cm³/mol. The van der Waals surface area contributed by atoms with Crippen LogP contribution in [0.25, 0.3) is 11.0 Å². The van der Waals surface area contributed by atoms with E-state index in [9.17, 15) is 9.59 Å². The highest BCUT2D eigenvalue weighted by atomic mass is 16.2. The van der Waals surface area contributed by atoms with E-state index in [1.54, 1.807) is 6.07 Å². The summed E-state index contributed by atoms with van der Waals surface area (Å²) in [5, 5.41) is 6.02. The highest BCUT2D eigenvalue weighted by Crippen LogP contribution is 2.28. The van der Waals surface area contributed by atoms with Gasteiger partial charge in [0.25, 0.3) is 5.91 Å². The number of H-pyrrole nitrogens is 1. The van der Waals surface area contributed by atoms with E-state index in [1.807, 2.05) is 42.5 Å². The maximum atomic E-state index is 12.8. The third-order valence-electron chi connectivity index (χ3n) is 5.06. The fourth-order valence-corrected chi connectivity index (χ4v) is 3.77. The van der Waals surface area contributed by atoms with Crippen molar-refractivity contribution in [1.82, 2.24) is 20.6 Å². The summed E-state index contributed by atoms with van der Waals surface area (Å²) in [7, 11) is 0. The van der Waals surface area contributed by atoms with Gasteiger partial charge >= 0.3 is 0 Å². The average Bonchev–Trinajstić information content (AvgIpc) is 3.23. The monoisotopic (exact) mass is 376 g/mol. The fourth-order valence-electron chi connectivity index (χ4n) is 3.77. The Hall–Kier alpha value is -3.15. The predicted octanol–water partition coefficient (Wildman–Crippen LogP) is 3.64. The Kier molecular flexibility index (Phi) is 4.86. The summed E-state index contributed by atoms with van der Waals surface area (Å²) in [4.78, 5) is 32.9. The van der Waals surface area contributed by atoms with Crippen molar-refractivity contribution in [2.24, 2.45) is 5.92 Å². The van der Waals surface area contributed by atoms with E-state index in [0.717, 1.165) is 28.8 Å². The van der Waals surface area contributed by atoms with Crippen LogP contribution >= 0.6 is 0 Å². The van der Waals surface area contributed by atoms with Crippen molar-refractivity contribution in [3.8, 4) is 0 Å². The number of carbonyl (C=O) groups excluding carboxylic acids is 2. The number of carbonyl (C=O) groups is 2. The van der Waals surface area contributed by atoms with E-state index >= 15 is 0 Å². The van der Waals surface area contributed by atoms with Gasteiger partial charge in [-0.3, -0.25) is 9.59 Å². The van der Waals surface area contributed by atoms with Crippen LogP contribution in [-0.2, 0) is 4.79 Å². The van der Waals surface area contributed by atoms with Crippen molar-refractivity contribution in [1.29, 1.82) is 0 Å². The van der Waals surface area contributed by atoms with Crippen LogP contribution in [0.5, 0.6) is 0 Å². The molecular weight excluding hydrogens is 352 g/mol. The average molecular weight is 376 g/mol. The lowest BCUT2D eigenvalue weighted by Gasteiger charge is -2.20. The Morgan fingerprint density at radius 2 is 1.89 bits per heavy atom. The molecule has 2 aromatic carbocycles. The minimum atomic E-state index is -0.293. The van der Waals surface area contributed by atoms with Gasteiger partial charge in [0.15, 0.2) is 0 Å². The molecule has 2 heterocycles. The van der Waals surface area contributed by atoms with Crippen LogP contribution in [-0.4, -0.2) is 21.8 Å². The number of rotatable bonds is 6. The number of para-hydroxylation sites is 2. The molecule has 4 rings (SSSR count). The first-order valence-electron chi connectivity index (χ1n) is 9.65. The van der Waals surface area contributed by atoms with Gasteiger partial charge < -0.3 is 15.6 Å². The zero-order chi connectivity index (χ0) is 19.7. The number of fused-ring (bicyclic) bond motifs is 2. The molecule has 0 aliphatic carbocycles. The lowest BCUT2D eigenvalue weighted by Crippen LogP contribution is -2.33. The molecule has 0 fully saturated rings. The number of hydrogen-bond acceptors (Lipinski definition) is 3. The standard InChI is InChI=1S/C22H24N4O2/c1-13(2)11-19(21-24-16-9-5-6-10-17(16)25-21)23-20(27)12-18-14-7-3-4-8-15(14)22(28)26-18/h3-10,13,18-19H,11-12H2,1-2H3,(H,23,27)(H,24,25)(H,26,28)/t18-,19-/m0/s1. The van der Waals surface area contributed by atoms with Gasteiger partial charge in [-0.15, -0.1) is 0 Å². The van der Waals surface area contributed by atoms with Gasteiger partial charge in [-0.05, 0) is 36.1 Å². The molecule has 2 atom stereocenters. The van der Waals surface area contributed by atoms with Crippen molar-refractivity contribution in [2.45, 2.75) is 38.8 Å². The number of amides is 2. The van der Waals surface area contributed by atoms with Crippen LogP contribution < -0.4 is 10.6 Å². The number of benzene rings is 2. The molecule has 144 valence electrons. The zero-order valence-corrected chi connectivity index (χ0v) is 16.0. The molecule has 3 aromatic rings. The second-order valence-corrected chi connectivity index (χ2v) is 7.71. The summed E-state index contributed by atoms with van der Waals surface area (Å²) in [6, 6.07) is 14.8. The summed E-state index contributed by atoms with van der Waals surface area (Å²) in [5.74, 6) is 0.932. The molecule has 2 amide bonds. The number of nitrogens with zero attached hydrogens (tertiary/aromatic N) is 1. The highest BCUT2D eigenvalue weighted by molar-refractivity contribution is 5.99. The summed E-state index contributed by atoms with van der Waals surface area (Å²) >= 11 is 0. The molecule has 0 saturated carbocycles. The first-order valence-corrected chi connectivity index (χ1v) is 9.65. The van der Waals surface area contributed by atoms with Crippen LogP contribution in [0, 0.1) is 5.92 Å². The van der Waals surface area contributed by atoms with Crippen LogP contribution in [0.4, 0.5) is 0 Å². The minimum absolute atomic E-state index is 0.104. The number of imidazole rings is 1. The third-order valence-corrected chi connectivity index (χ3v) is 5.06. The van der Waals surface area contributed by atoms with Gasteiger partial charge in [0.1, 0.15) is 5.82 Å². The number of aromatic nitrogens is 2. The van der Waals surface area contributed by atoms with Crippen molar-refractivity contribution in [2.75, 3.05) is 0 Å². The maximum absolute atomic E-state index is 12.8. The molecule has 1 aliphatic rings. The summed E-state index contributed by atoms with van der Waals surface area (Å²) in [6.45, 7) is 4.24. The van der Waals surface area contributed by atoms with E-state index in [0.29, 0.717) is 11.5 Å². The SMILES string of the molecule is CC(C)C[C@H](NC(=O)C[C@@H]1NC(=O)c2ccccc21)c1nc2ccccc2[nH]1. The van der Waals surface area contributed by atoms with Crippen molar-refractivity contribution < 1.29 is 9.59 Å². The van der Waals surface area contributed by atoms with Crippen molar-refractivity contribution in [3.63, 3.8) is 0 Å². The van der Waals surface area contributed by atoms with Gasteiger partial charge in [-0.2, -0.15) is 0 Å². The van der Waals surface area contributed by atoms with Crippen molar-refractivity contribution in [3.05, 3.63) is 65.5 Å². The number of nitrogens with one attached hydrogen (secondary N) is 3. The van der Waals surface area contributed by atoms with Crippen molar-refractivity contribution >= 4 is 22.8 Å². The summed E-state index contributed by atoms with van der Waals surface area (Å²) in [5.41, 5.74) is 3.37. The van der Waals surface area contributed by atoms with Gasteiger partial charge in [0, 0.05) is 5.56 Å². The maximum Gasteiger partial charge on any atom is 0.252 e. The molecule has 0 radical (unpaired) electrons. The van der Waals surface area contributed by atoms with Crippen LogP contribution in [0.15, 0.2) is 48.5 Å². The Bertz CT molecular complexity index is 991.